The fraction of sp³-hybridized carbons (Fsp3) is 0.381. The van der Waals surface area contributed by atoms with Gasteiger partial charge < -0.3 is 9.47 Å². The number of aryl methyl sites for hydroxylation is 2. The van der Waals surface area contributed by atoms with Crippen molar-refractivity contribution >= 4 is 6.21 Å². The fourth-order valence-electron chi connectivity index (χ4n) is 2.28. The van der Waals surface area contributed by atoms with Gasteiger partial charge in [-0.3, -0.25) is 4.99 Å². The highest BCUT2D eigenvalue weighted by Gasteiger charge is 1.99. The highest BCUT2D eigenvalue weighted by molar-refractivity contribution is 5.79. The predicted octanol–water partition coefficient (Wildman–Crippen LogP) is 4.73. The quantitative estimate of drug-likeness (QED) is 0.493. The minimum absolute atomic E-state index is 0.589. The molecule has 0 heterocycles. The largest absolute Gasteiger partial charge is 0.489 e. The van der Waals surface area contributed by atoms with Gasteiger partial charge in [-0.25, -0.2) is 0 Å². The van der Waals surface area contributed by atoms with Gasteiger partial charge in [0.15, 0.2) is 0 Å². The van der Waals surface area contributed by atoms with Gasteiger partial charge in [-0.05, 0) is 73.7 Å². The van der Waals surface area contributed by atoms with Crippen LogP contribution in [0.1, 0.15) is 35.6 Å². The van der Waals surface area contributed by atoms with Crippen molar-refractivity contribution in [1.29, 1.82) is 0 Å². The minimum atomic E-state index is 0.589. The Balaban J connectivity index is 1.79. The molecule has 0 fully saturated rings. The molecular formula is C21H27NO2. The van der Waals surface area contributed by atoms with Crippen LogP contribution in [-0.4, -0.2) is 26.0 Å². The van der Waals surface area contributed by atoms with Crippen molar-refractivity contribution in [3.63, 3.8) is 0 Å². The van der Waals surface area contributed by atoms with Gasteiger partial charge in [-0.1, -0.05) is 18.2 Å². The molecule has 0 aliphatic carbocycles. The summed E-state index contributed by atoms with van der Waals surface area (Å²) in [6.45, 7) is 9.19. The molecular weight excluding hydrogens is 298 g/mol. The van der Waals surface area contributed by atoms with Crippen LogP contribution in [0.3, 0.4) is 0 Å². The summed E-state index contributed by atoms with van der Waals surface area (Å²) in [6.07, 6.45) is 2.86. The van der Waals surface area contributed by atoms with Crippen LogP contribution in [0.5, 0.6) is 5.75 Å². The SMILES string of the molecule is CCOCCCN=Cc1ccc(OCc2ccc(C)c(C)c2)cc1. The van der Waals surface area contributed by atoms with Gasteiger partial charge in [-0.15, -0.1) is 0 Å². The van der Waals surface area contributed by atoms with E-state index >= 15 is 0 Å². The standard InChI is InChI=1S/C21H27NO2/c1-4-23-13-5-12-22-15-19-8-10-21(11-9-19)24-16-20-7-6-17(2)18(3)14-20/h6-11,14-15H,4-5,12-13,16H2,1-3H3. The first-order valence-electron chi connectivity index (χ1n) is 8.55. The zero-order valence-electron chi connectivity index (χ0n) is 14.9. The summed E-state index contributed by atoms with van der Waals surface area (Å²) in [5.41, 5.74) is 4.89. The lowest BCUT2D eigenvalue weighted by Crippen LogP contribution is -1.97. The Bertz CT molecular complexity index is 647. The van der Waals surface area contributed by atoms with Crippen molar-refractivity contribution in [2.24, 2.45) is 4.99 Å². The lowest BCUT2D eigenvalue weighted by atomic mass is 10.1. The Morgan fingerprint density at radius 3 is 2.50 bits per heavy atom. The maximum absolute atomic E-state index is 5.85. The third-order valence-electron chi connectivity index (χ3n) is 3.88. The van der Waals surface area contributed by atoms with Crippen molar-refractivity contribution in [3.8, 4) is 5.75 Å². The van der Waals surface area contributed by atoms with E-state index in [0.29, 0.717) is 6.61 Å². The molecule has 0 amide bonds. The summed E-state index contributed by atoms with van der Waals surface area (Å²) >= 11 is 0. The van der Waals surface area contributed by atoms with Crippen LogP contribution in [0.25, 0.3) is 0 Å². The second-order valence-corrected chi connectivity index (χ2v) is 5.86. The highest BCUT2D eigenvalue weighted by Crippen LogP contribution is 2.15. The van der Waals surface area contributed by atoms with E-state index in [9.17, 15) is 0 Å². The van der Waals surface area contributed by atoms with Gasteiger partial charge in [-0.2, -0.15) is 0 Å². The van der Waals surface area contributed by atoms with Crippen LogP contribution < -0.4 is 4.74 Å². The smallest absolute Gasteiger partial charge is 0.119 e. The molecule has 0 aliphatic heterocycles. The third-order valence-corrected chi connectivity index (χ3v) is 3.88. The summed E-state index contributed by atoms with van der Waals surface area (Å²) in [4.78, 5) is 4.41. The van der Waals surface area contributed by atoms with Gasteiger partial charge in [0, 0.05) is 26.0 Å². The van der Waals surface area contributed by atoms with E-state index in [4.69, 9.17) is 9.47 Å². The number of rotatable bonds is 9. The van der Waals surface area contributed by atoms with Gasteiger partial charge in [0.1, 0.15) is 12.4 Å². The number of nitrogens with zero attached hydrogens (tertiary/aromatic N) is 1. The molecule has 0 saturated heterocycles. The molecule has 2 aromatic carbocycles. The highest BCUT2D eigenvalue weighted by atomic mass is 16.5. The Kier molecular flexibility index (Phi) is 7.50. The summed E-state index contributed by atoms with van der Waals surface area (Å²) in [5.74, 6) is 0.877. The van der Waals surface area contributed by atoms with E-state index < -0.39 is 0 Å². The summed E-state index contributed by atoms with van der Waals surface area (Å²) in [5, 5.41) is 0. The normalized spacial score (nSPS) is 11.1. The van der Waals surface area contributed by atoms with Gasteiger partial charge in [0.05, 0.1) is 0 Å². The molecule has 3 nitrogen and oxygen atoms in total. The van der Waals surface area contributed by atoms with E-state index in [1.54, 1.807) is 0 Å². The first kappa shape index (κ1) is 18.2. The van der Waals surface area contributed by atoms with Gasteiger partial charge in [0.25, 0.3) is 0 Å². The first-order valence-corrected chi connectivity index (χ1v) is 8.55. The molecule has 0 atom stereocenters. The van der Waals surface area contributed by atoms with Crippen LogP contribution in [0, 0.1) is 13.8 Å². The van der Waals surface area contributed by atoms with Crippen molar-refractivity contribution in [2.45, 2.75) is 33.8 Å². The van der Waals surface area contributed by atoms with Crippen molar-refractivity contribution < 1.29 is 9.47 Å². The fourth-order valence-corrected chi connectivity index (χ4v) is 2.28. The molecule has 0 radical (unpaired) electrons. The molecule has 2 rings (SSSR count). The van der Waals surface area contributed by atoms with E-state index in [-0.39, 0.29) is 0 Å². The average Bonchev–Trinajstić information content (AvgIpc) is 2.60. The maximum Gasteiger partial charge on any atom is 0.119 e. The second-order valence-electron chi connectivity index (χ2n) is 5.86. The van der Waals surface area contributed by atoms with Crippen LogP contribution in [-0.2, 0) is 11.3 Å². The van der Waals surface area contributed by atoms with Crippen LogP contribution in [0.15, 0.2) is 47.5 Å². The molecule has 0 aliphatic rings. The molecule has 128 valence electrons. The molecule has 0 saturated carbocycles. The minimum Gasteiger partial charge on any atom is -0.489 e. The average molecular weight is 325 g/mol. The Hall–Kier alpha value is -2.13. The number of ether oxygens (including phenoxy) is 2. The second kappa shape index (κ2) is 9.89. The van der Waals surface area contributed by atoms with Crippen molar-refractivity contribution in [3.05, 3.63) is 64.7 Å². The first-order chi connectivity index (χ1) is 11.7. The summed E-state index contributed by atoms with van der Waals surface area (Å²) in [6, 6.07) is 14.5. The number of benzene rings is 2. The Labute approximate surface area is 145 Å². The van der Waals surface area contributed by atoms with E-state index in [0.717, 1.165) is 37.5 Å². The molecule has 3 heteroatoms. The predicted molar refractivity (Wildman–Crippen MR) is 100 cm³/mol. The lowest BCUT2D eigenvalue weighted by molar-refractivity contribution is 0.146. The lowest BCUT2D eigenvalue weighted by Gasteiger charge is -2.08. The van der Waals surface area contributed by atoms with Gasteiger partial charge in [0.2, 0.25) is 0 Å². The summed E-state index contributed by atoms with van der Waals surface area (Å²) < 4.78 is 11.1. The number of aliphatic imine (C=N–C) groups is 1. The maximum atomic E-state index is 5.85. The van der Waals surface area contributed by atoms with E-state index in [1.165, 1.54) is 16.7 Å². The Morgan fingerprint density at radius 1 is 1.00 bits per heavy atom. The van der Waals surface area contributed by atoms with E-state index in [2.05, 4.69) is 37.0 Å². The van der Waals surface area contributed by atoms with Crippen LogP contribution in [0.4, 0.5) is 0 Å². The molecule has 24 heavy (non-hydrogen) atoms. The van der Waals surface area contributed by atoms with Crippen molar-refractivity contribution in [1.82, 2.24) is 0 Å². The van der Waals surface area contributed by atoms with Crippen LogP contribution >= 0.6 is 0 Å². The number of hydrogen-bond donors (Lipinski definition) is 0. The molecule has 0 aromatic heterocycles. The zero-order chi connectivity index (χ0) is 17.2. The van der Waals surface area contributed by atoms with Gasteiger partial charge >= 0.3 is 0 Å². The molecule has 0 bridgehead atoms. The van der Waals surface area contributed by atoms with Crippen LogP contribution in [0.2, 0.25) is 0 Å². The summed E-state index contributed by atoms with van der Waals surface area (Å²) in [7, 11) is 0. The Morgan fingerprint density at radius 2 is 1.79 bits per heavy atom. The molecule has 2 aromatic rings. The zero-order valence-corrected chi connectivity index (χ0v) is 14.9. The molecule has 0 spiro atoms. The third kappa shape index (κ3) is 6.17. The molecule has 0 unspecified atom stereocenters. The van der Waals surface area contributed by atoms with E-state index in [1.807, 2.05) is 37.4 Å². The number of hydrogen-bond acceptors (Lipinski definition) is 3. The monoisotopic (exact) mass is 325 g/mol. The molecule has 0 N–H and O–H groups in total. The van der Waals surface area contributed by atoms with Crippen molar-refractivity contribution in [2.75, 3.05) is 19.8 Å². The topological polar surface area (TPSA) is 30.8 Å².